The van der Waals surface area contributed by atoms with Crippen molar-refractivity contribution in [3.05, 3.63) is 0 Å². The molecule has 0 saturated carbocycles. The standard InChI is InChI=1S/C4H7NO5.Zn/c5-10-3(7)1-2(6)4(8)9;/h2,6H,1,5H2,(H,8,9);. The van der Waals surface area contributed by atoms with Gasteiger partial charge in [-0.05, 0) is 0 Å². The van der Waals surface area contributed by atoms with Crippen molar-refractivity contribution in [3.8, 4) is 0 Å². The Labute approximate surface area is 75.0 Å². The molecule has 4 N–H and O–H groups in total. The van der Waals surface area contributed by atoms with Crippen LogP contribution in [0.1, 0.15) is 6.42 Å². The van der Waals surface area contributed by atoms with Crippen molar-refractivity contribution in [1.82, 2.24) is 0 Å². The minimum absolute atomic E-state index is 0. The number of hydrogen-bond acceptors (Lipinski definition) is 5. The van der Waals surface area contributed by atoms with E-state index in [1.165, 1.54) is 0 Å². The molecule has 0 aromatic heterocycles. The van der Waals surface area contributed by atoms with E-state index < -0.39 is 24.5 Å². The quantitative estimate of drug-likeness (QED) is 0.379. The van der Waals surface area contributed by atoms with Crippen molar-refractivity contribution < 1.29 is 44.1 Å². The van der Waals surface area contributed by atoms with E-state index in [2.05, 4.69) is 10.7 Å². The van der Waals surface area contributed by atoms with Crippen LogP contribution in [-0.2, 0) is 33.9 Å². The monoisotopic (exact) mass is 213 g/mol. The van der Waals surface area contributed by atoms with E-state index in [4.69, 9.17) is 10.2 Å². The molecule has 0 aromatic carbocycles. The van der Waals surface area contributed by atoms with Crippen molar-refractivity contribution in [3.63, 3.8) is 0 Å². The molecule has 0 aliphatic carbocycles. The minimum Gasteiger partial charge on any atom is -0.479 e. The molecule has 0 heterocycles. The maximum Gasteiger partial charge on any atom is 0.333 e. The molecule has 11 heavy (non-hydrogen) atoms. The topological polar surface area (TPSA) is 110 Å². The molecule has 0 spiro atoms. The van der Waals surface area contributed by atoms with Crippen LogP contribution < -0.4 is 5.90 Å². The molecule has 6 nitrogen and oxygen atoms in total. The summed E-state index contributed by atoms with van der Waals surface area (Å²) in [5.41, 5.74) is 0. The molecule has 0 rings (SSSR count). The number of nitrogens with two attached hydrogens (primary N) is 1. The number of carboxylic acids is 1. The first-order chi connectivity index (χ1) is 4.57. The van der Waals surface area contributed by atoms with E-state index in [1.54, 1.807) is 0 Å². The van der Waals surface area contributed by atoms with Crippen LogP contribution in [-0.4, -0.2) is 28.3 Å². The van der Waals surface area contributed by atoms with Gasteiger partial charge in [0.25, 0.3) is 0 Å². The summed E-state index contributed by atoms with van der Waals surface area (Å²) in [6, 6.07) is 0. The Balaban J connectivity index is 0. The van der Waals surface area contributed by atoms with E-state index in [9.17, 15) is 9.59 Å². The molecule has 0 aliphatic heterocycles. The van der Waals surface area contributed by atoms with Crippen LogP contribution in [0.5, 0.6) is 0 Å². The van der Waals surface area contributed by atoms with Gasteiger partial charge >= 0.3 is 11.9 Å². The number of rotatable bonds is 3. The summed E-state index contributed by atoms with van der Waals surface area (Å²) in [6.45, 7) is 0. The van der Waals surface area contributed by atoms with Gasteiger partial charge in [0.15, 0.2) is 6.10 Å². The van der Waals surface area contributed by atoms with E-state index in [0.717, 1.165) is 0 Å². The van der Waals surface area contributed by atoms with Crippen molar-refractivity contribution >= 4 is 11.9 Å². The van der Waals surface area contributed by atoms with Gasteiger partial charge in [-0.2, -0.15) is 5.90 Å². The fraction of sp³-hybridized carbons (Fsp3) is 0.500. The first kappa shape index (κ1) is 13.1. The predicted octanol–water partition coefficient (Wildman–Crippen LogP) is -1.76. The fourth-order valence-corrected chi connectivity index (χ4v) is 0.293. The summed E-state index contributed by atoms with van der Waals surface area (Å²) in [5.74, 6) is 1.92. The van der Waals surface area contributed by atoms with Gasteiger partial charge in [-0.15, -0.1) is 0 Å². The molecule has 0 saturated heterocycles. The average Bonchev–Trinajstić information content (AvgIpc) is 1.87. The molecular weight excluding hydrogens is 207 g/mol. The molecule has 0 fully saturated rings. The zero-order valence-electron chi connectivity index (χ0n) is 5.69. The van der Waals surface area contributed by atoms with Crippen LogP contribution in [0, 0.1) is 0 Å². The Kier molecular flexibility index (Phi) is 7.40. The van der Waals surface area contributed by atoms with Gasteiger partial charge in [0.05, 0.1) is 6.42 Å². The number of aliphatic hydroxyl groups is 1. The molecule has 1 atom stereocenters. The average molecular weight is 214 g/mol. The summed E-state index contributed by atoms with van der Waals surface area (Å²) in [7, 11) is 0. The smallest absolute Gasteiger partial charge is 0.333 e. The van der Waals surface area contributed by atoms with Gasteiger partial charge < -0.3 is 15.1 Å². The van der Waals surface area contributed by atoms with E-state index >= 15 is 0 Å². The number of aliphatic hydroxyl groups excluding tert-OH is 1. The zero-order chi connectivity index (χ0) is 8.15. The SMILES string of the molecule is NOC(=O)CC(O)C(=O)O.[Zn]. The number of hydrogen-bond donors (Lipinski definition) is 3. The molecule has 0 aliphatic rings. The molecule has 7 heteroatoms. The largest absolute Gasteiger partial charge is 0.479 e. The summed E-state index contributed by atoms with van der Waals surface area (Å²) >= 11 is 0. The fourth-order valence-electron chi connectivity index (χ4n) is 0.293. The molecule has 0 aromatic rings. The van der Waals surface area contributed by atoms with E-state index in [1.807, 2.05) is 0 Å². The summed E-state index contributed by atoms with van der Waals surface area (Å²) in [4.78, 5) is 23.6. The summed E-state index contributed by atoms with van der Waals surface area (Å²) < 4.78 is 0. The van der Waals surface area contributed by atoms with Gasteiger partial charge in [0.1, 0.15) is 0 Å². The molecule has 0 amide bonds. The van der Waals surface area contributed by atoms with Crippen LogP contribution in [0.25, 0.3) is 0 Å². The normalized spacial score (nSPS) is 11.1. The molecule has 1 unspecified atom stereocenters. The Morgan fingerprint density at radius 1 is 1.55 bits per heavy atom. The van der Waals surface area contributed by atoms with Crippen LogP contribution in [0.15, 0.2) is 0 Å². The van der Waals surface area contributed by atoms with Crippen molar-refractivity contribution in [2.24, 2.45) is 5.90 Å². The Bertz CT molecular complexity index is 149. The van der Waals surface area contributed by atoms with Crippen LogP contribution in [0.4, 0.5) is 0 Å². The summed E-state index contributed by atoms with van der Waals surface area (Å²) in [6.07, 6.45) is -2.37. The van der Waals surface area contributed by atoms with E-state index in [-0.39, 0.29) is 19.5 Å². The van der Waals surface area contributed by atoms with Crippen LogP contribution >= 0.6 is 0 Å². The van der Waals surface area contributed by atoms with Gasteiger partial charge in [-0.3, -0.25) is 4.79 Å². The second-order valence-electron chi connectivity index (χ2n) is 1.55. The molecule has 60 valence electrons. The van der Waals surface area contributed by atoms with Gasteiger partial charge in [-0.1, -0.05) is 0 Å². The van der Waals surface area contributed by atoms with Crippen molar-refractivity contribution in [2.45, 2.75) is 12.5 Å². The maximum atomic E-state index is 10.2. The maximum absolute atomic E-state index is 10.2. The first-order valence-electron chi connectivity index (χ1n) is 2.38. The van der Waals surface area contributed by atoms with Gasteiger partial charge in [0.2, 0.25) is 0 Å². The molecular formula is C4H7NO5Zn. The van der Waals surface area contributed by atoms with Gasteiger partial charge in [-0.25, -0.2) is 4.79 Å². The second-order valence-corrected chi connectivity index (χ2v) is 1.55. The third-order valence-electron chi connectivity index (χ3n) is 0.777. The Morgan fingerprint density at radius 2 is 2.00 bits per heavy atom. The summed E-state index contributed by atoms with van der Waals surface area (Å²) in [5, 5.41) is 16.5. The third kappa shape index (κ3) is 5.91. The van der Waals surface area contributed by atoms with E-state index in [0.29, 0.717) is 0 Å². The van der Waals surface area contributed by atoms with Crippen molar-refractivity contribution in [2.75, 3.05) is 0 Å². The minimum atomic E-state index is -1.74. The third-order valence-corrected chi connectivity index (χ3v) is 0.777. The number of carbonyl (C=O) groups is 2. The number of carboxylic acid groups (broad SMARTS) is 1. The predicted molar refractivity (Wildman–Crippen MR) is 28.5 cm³/mol. The Hall–Kier alpha value is -0.517. The number of aliphatic carboxylic acids is 1. The second kappa shape index (κ2) is 6.21. The van der Waals surface area contributed by atoms with Gasteiger partial charge in [0, 0.05) is 19.5 Å². The molecule has 0 bridgehead atoms. The zero-order valence-corrected chi connectivity index (χ0v) is 8.66. The Morgan fingerprint density at radius 3 is 2.27 bits per heavy atom. The van der Waals surface area contributed by atoms with Crippen LogP contribution in [0.2, 0.25) is 0 Å². The van der Waals surface area contributed by atoms with Crippen LogP contribution in [0.3, 0.4) is 0 Å². The first-order valence-corrected chi connectivity index (χ1v) is 2.38. The molecule has 0 radical (unpaired) electrons. The van der Waals surface area contributed by atoms with Crippen molar-refractivity contribution in [1.29, 1.82) is 0 Å². The number of carbonyl (C=O) groups excluding carboxylic acids is 1.